The van der Waals surface area contributed by atoms with Gasteiger partial charge in [-0.3, -0.25) is 9.69 Å². The lowest BCUT2D eigenvalue weighted by Gasteiger charge is -2.17. The van der Waals surface area contributed by atoms with Crippen LogP contribution in [0.15, 0.2) is 24.3 Å². The fourth-order valence-electron chi connectivity index (χ4n) is 1.05. The third kappa shape index (κ3) is 2.87. The second-order valence-electron chi connectivity index (χ2n) is 2.80. The number of rotatable bonds is 3. The molecule has 0 unspecified atom stereocenters. The van der Waals surface area contributed by atoms with E-state index in [1.807, 2.05) is 0 Å². The van der Waals surface area contributed by atoms with Crippen LogP contribution in [0, 0.1) is 0 Å². The van der Waals surface area contributed by atoms with Crippen LogP contribution >= 0.6 is 0 Å². The molecule has 0 fully saturated rings. The van der Waals surface area contributed by atoms with E-state index >= 15 is 0 Å². The first-order chi connectivity index (χ1) is 7.54. The number of hydrogen-bond donors (Lipinski definition) is 3. The lowest BCUT2D eigenvalue weighted by molar-refractivity contribution is -0.135. The molecule has 0 spiro atoms. The highest BCUT2D eigenvalue weighted by Crippen LogP contribution is 2.17. The number of carboxylic acid groups (broad SMARTS) is 1. The van der Waals surface area contributed by atoms with Gasteiger partial charge in [-0.1, -0.05) is 0 Å². The van der Waals surface area contributed by atoms with Crippen molar-refractivity contribution < 1.29 is 21.2 Å². The van der Waals surface area contributed by atoms with Crippen molar-refractivity contribution in [2.75, 3.05) is 11.4 Å². The van der Waals surface area contributed by atoms with E-state index < -0.39 is 18.5 Å². The molecule has 4 N–H and O–H groups in total. The van der Waals surface area contributed by atoms with Gasteiger partial charge in [0.1, 0.15) is 12.3 Å². The van der Waals surface area contributed by atoms with Crippen molar-refractivity contribution in [3.8, 4) is 5.75 Å². The van der Waals surface area contributed by atoms with Crippen LogP contribution in [0.1, 0.15) is 0 Å². The highest BCUT2D eigenvalue weighted by atomic mass is 16.4. The summed E-state index contributed by atoms with van der Waals surface area (Å²) in [4.78, 5) is 22.6. The zero-order chi connectivity index (χ0) is 12.1. The van der Waals surface area contributed by atoms with Crippen molar-refractivity contribution in [3.05, 3.63) is 24.3 Å². The molecular weight excluding hydrogens is 200 g/mol. The molecule has 1 rings (SSSR count). The Hall–Kier alpha value is -2.24. The van der Waals surface area contributed by atoms with Gasteiger partial charge >= 0.3 is 12.0 Å². The second-order valence-corrected chi connectivity index (χ2v) is 2.80. The minimum Gasteiger partial charge on any atom is -0.508 e. The van der Waals surface area contributed by atoms with Gasteiger partial charge in [0.25, 0.3) is 0 Å². The number of anilines is 1. The first-order valence-corrected chi connectivity index (χ1v) is 4.04. The number of benzene rings is 1. The average molecular weight is 211 g/mol. The highest BCUT2D eigenvalue weighted by Gasteiger charge is 2.15. The number of amides is 2. The first-order valence-electron chi connectivity index (χ1n) is 4.54. The number of carbonyl (C=O) groups is 2. The summed E-state index contributed by atoms with van der Waals surface area (Å²) in [6, 6.07) is 4.55. The molecular formula is C9H10N2O4. The molecule has 0 aliphatic heterocycles. The summed E-state index contributed by atoms with van der Waals surface area (Å²) in [6.07, 6.45) is 0. The molecule has 0 atom stereocenters. The number of phenolic OH excluding ortho intramolecular Hbond substituents is 1. The number of aliphatic carboxylic acids is 1. The van der Waals surface area contributed by atoms with E-state index in [0.29, 0.717) is 0 Å². The minimum atomic E-state index is -1.20. The first kappa shape index (κ1) is 9.32. The summed E-state index contributed by atoms with van der Waals surface area (Å²) in [7, 11) is 0. The molecule has 0 saturated heterocycles. The van der Waals surface area contributed by atoms with Crippen LogP contribution in [-0.4, -0.2) is 28.8 Å². The number of nitrogens with zero attached hydrogens (tertiary/aromatic N) is 1. The van der Waals surface area contributed by atoms with E-state index in [2.05, 4.69) is 0 Å². The number of phenols is 1. The molecule has 6 heteroatoms. The molecule has 1 aromatic carbocycles. The van der Waals surface area contributed by atoms with Crippen LogP contribution in [0.2, 0.25) is 1.41 Å². The van der Waals surface area contributed by atoms with Crippen LogP contribution < -0.4 is 10.6 Å². The van der Waals surface area contributed by atoms with Crippen LogP contribution in [0.3, 0.4) is 0 Å². The Bertz CT molecular complexity index is 393. The molecule has 0 aliphatic rings. The number of carbonyl (C=O) groups excluding carboxylic acids is 1. The molecule has 15 heavy (non-hydrogen) atoms. The van der Waals surface area contributed by atoms with Crippen molar-refractivity contribution in [2.45, 2.75) is 0 Å². The average Bonchev–Trinajstić information content (AvgIpc) is 2.26. The van der Waals surface area contributed by atoms with E-state index in [0.717, 1.165) is 4.90 Å². The SMILES string of the molecule is [2H]NC(=O)N(CC(=O)O)c1ccc(O)cc1. The quantitative estimate of drug-likeness (QED) is 0.671. The van der Waals surface area contributed by atoms with Crippen LogP contribution in [-0.2, 0) is 4.79 Å². The van der Waals surface area contributed by atoms with Crippen molar-refractivity contribution in [2.24, 2.45) is 5.73 Å². The van der Waals surface area contributed by atoms with Gasteiger partial charge in [0, 0.05) is 5.69 Å². The zero-order valence-corrected chi connectivity index (χ0v) is 7.67. The Balaban J connectivity index is 2.96. The largest absolute Gasteiger partial charge is 0.508 e. The van der Waals surface area contributed by atoms with Gasteiger partial charge in [-0.05, 0) is 24.3 Å². The fraction of sp³-hybridized carbons (Fsp3) is 0.111. The number of hydrogen-bond acceptors (Lipinski definition) is 3. The standard InChI is InChI=1S/C9H10N2O4/c10-9(15)11(5-8(13)14)6-1-3-7(12)4-2-6/h1-4,12H,5H2,(H2,10,15)(H,13,14)/i/hD. The Morgan fingerprint density at radius 3 is 2.47 bits per heavy atom. The number of aromatic hydroxyl groups is 1. The van der Waals surface area contributed by atoms with E-state index in [4.69, 9.17) is 11.6 Å². The fourth-order valence-corrected chi connectivity index (χ4v) is 1.05. The van der Waals surface area contributed by atoms with Gasteiger partial charge in [0.05, 0.1) is 0 Å². The number of urea groups is 1. The smallest absolute Gasteiger partial charge is 0.323 e. The molecule has 0 bridgehead atoms. The van der Waals surface area contributed by atoms with Gasteiger partial charge < -0.3 is 15.9 Å². The van der Waals surface area contributed by atoms with Gasteiger partial charge in [-0.25, -0.2) is 4.79 Å². The lowest BCUT2D eigenvalue weighted by Crippen LogP contribution is -2.39. The normalized spacial score (nSPS) is 10.3. The zero-order valence-electron chi connectivity index (χ0n) is 8.67. The molecule has 0 heterocycles. The van der Waals surface area contributed by atoms with Crippen molar-refractivity contribution in [1.29, 1.82) is 0 Å². The van der Waals surface area contributed by atoms with Gasteiger partial charge in [0.15, 0.2) is 1.41 Å². The Morgan fingerprint density at radius 2 is 2.00 bits per heavy atom. The Kier molecular flexibility index (Phi) is 2.68. The van der Waals surface area contributed by atoms with Gasteiger partial charge in [-0.15, -0.1) is 0 Å². The third-order valence-electron chi connectivity index (χ3n) is 1.70. The summed E-state index contributed by atoms with van der Waals surface area (Å²) >= 11 is 0. The molecule has 0 aliphatic carbocycles. The molecule has 2 amide bonds. The maximum atomic E-state index is 11.2. The topological polar surface area (TPSA) is 104 Å². The second kappa shape index (κ2) is 4.32. The minimum absolute atomic E-state index is 0.00491. The molecule has 80 valence electrons. The molecule has 0 saturated carbocycles. The number of nitrogens with two attached hydrogens (primary N) is 1. The molecule has 0 aromatic heterocycles. The highest BCUT2D eigenvalue weighted by molar-refractivity contribution is 5.95. The van der Waals surface area contributed by atoms with Crippen LogP contribution in [0.5, 0.6) is 5.75 Å². The summed E-state index contributed by atoms with van der Waals surface area (Å²) in [5.41, 5.74) is 1.88. The summed E-state index contributed by atoms with van der Waals surface area (Å²) in [6.45, 7) is -0.560. The number of carboxylic acids is 1. The number of primary amides is 1. The molecule has 1 aromatic rings. The van der Waals surface area contributed by atoms with Crippen LogP contribution in [0.4, 0.5) is 10.5 Å². The van der Waals surface area contributed by atoms with E-state index in [9.17, 15) is 9.59 Å². The maximum Gasteiger partial charge on any atom is 0.323 e. The molecule has 0 radical (unpaired) electrons. The third-order valence-corrected chi connectivity index (χ3v) is 1.70. The summed E-state index contributed by atoms with van der Waals surface area (Å²) in [5, 5.41) is 17.7. The van der Waals surface area contributed by atoms with Crippen LogP contribution in [0.25, 0.3) is 0 Å². The van der Waals surface area contributed by atoms with Crippen molar-refractivity contribution in [3.63, 3.8) is 0 Å². The van der Waals surface area contributed by atoms with Crippen molar-refractivity contribution in [1.82, 2.24) is 0 Å². The predicted molar refractivity (Wildman–Crippen MR) is 52.7 cm³/mol. The Labute approximate surface area is 87.0 Å². The molecule has 6 nitrogen and oxygen atoms in total. The van der Waals surface area contributed by atoms with E-state index in [1.165, 1.54) is 24.3 Å². The van der Waals surface area contributed by atoms with Gasteiger partial charge in [-0.2, -0.15) is 0 Å². The summed E-state index contributed by atoms with van der Waals surface area (Å²) < 4.78 is 6.69. The van der Waals surface area contributed by atoms with E-state index in [1.54, 1.807) is 5.73 Å². The van der Waals surface area contributed by atoms with E-state index in [-0.39, 0.29) is 11.4 Å². The Morgan fingerprint density at radius 1 is 1.40 bits per heavy atom. The summed E-state index contributed by atoms with van der Waals surface area (Å²) in [5.74, 6) is -1.19. The van der Waals surface area contributed by atoms with Crippen molar-refractivity contribution >= 4 is 17.7 Å². The van der Waals surface area contributed by atoms with Gasteiger partial charge in [0.2, 0.25) is 0 Å². The maximum absolute atomic E-state index is 11.2. The monoisotopic (exact) mass is 211 g/mol. The lowest BCUT2D eigenvalue weighted by atomic mass is 10.3. The predicted octanol–water partition coefficient (Wildman–Crippen LogP) is 0.362.